The van der Waals surface area contributed by atoms with Gasteiger partial charge in [-0.15, -0.1) is 0 Å². The number of hydrogen-bond acceptors (Lipinski definition) is 3. The zero-order valence-electron chi connectivity index (χ0n) is 13.9. The molecular weight excluding hydrogens is 311 g/mol. The molecule has 0 spiro atoms. The van der Waals surface area contributed by atoms with Gasteiger partial charge in [-0.2, -0.15) is 0 Å². The van der Waals surface area contributed by atoms with Gasteiger partial charge in [-0.05, 0) is 43.0 Å². The fraction of sp³-hybridized carbons (Fsp3) is 0.556. The normalized spacial score (nSPS) is 19.7. The molecule has 1 aliphatic carbocycles. The molecule has 130 valence electrons. The topological polar surface area (TPSA) is 58.6 Å². The van der Waals surface area contributed by atoms with Crippen LogP contribution >= 0.6 is 0 Å². The number of benzene rings is 1. The molecule has 5 nitrogen and oxygen atoms in total. The SMILES string of the molecule is COc1ccc(C(=O)N2CCC(F)(C(=O)NCC3CC3)CC2)cc1. The second-order valence-corrected chi connectivity index (χ2v) is 6.64. The van der Waals surface area contributed by atoms with Gasteiger partial charge in [0.25, 0.3) is 11.8 Å². The van der Waals surface area contributed by atoms with Gasteiger partial charge in [0.2, 0.25) is 0 Å². The van der Waals surface area contributed by atoms with Crippen LogP contribution in [0, 0.1) is 5.92 Å². The molecule has 1 aromatic rings. The third kappa shape index (κ3) is 3.68. The summed E-state index contributed by atoms with van der Waals surface area (Å²) in [5, 5.41) is 2.71. The molecule has 0 bridgehead atoms. The average molecular weight is 334 g/mol. The van der Waals surface area contributed by atoms with Crippen molar-refractivity contribution in [3.63, 3.8) is 0 Å². The molecule has 1 aliphatic heterocycles. The number of carbonyl (C=O) groups is 2. The highest BCUT2D eigenvalue weighted by atomic mass is 19.1. The molecule has 0 atom stereocenters. The Morgan fingerprint density at radius 2 is 1.88 bits per heavy atom. The molecule has 0 radical (unpaired) electrons. The molecule has 2 fully saturated rings. The molecule has 1 saturated carbocycles. The summed E-state index contributed by atoms with van der Waals surface area (Å²) in [7, 11) is 1.57. The number of likely N-dealkylation sites (tertiary alicyclic amines) is 1. The van der Waals surface area contributed by atoms with E-state index in [9.17, 15) is 14.0 Å². The number of nitrogens with zero attached hydrogens (tertiary/aromatic N) is 1. The standard InChI is InChI=1S/C18H23FN2O3/c1-24-15-6-4-14(5-7-15)16(22)21-10-8-18(19,9-11-21)17(23)20-12-13-2-3-13/h4-7,13H,2-3,8-12H2,1H3,(H,20,23). The number of alkyl halides is 1. The lowest BCUT2D eigenvalue weighted by molar-refractivity contribution is -0.135. The van der Waals surface area contributed by atoms with E-state index < -0.39 is 11.6 Å². The van der Waals surface area contributed by atoms with Crippen LogP contribution in [0.3, 0.4) is 0 Å². The Morgan fingerprint density at radius 1 is 1.25 bits per heavy atom. The van der Waals surface area contributed by atoms with Crippen molar-refractivity contribution < 1.29 is 18.7 Å². The van der Waals surface area contributed by atoms with Crippen molar-refractivity contribution in [2.75, 3.05) is 26.7 Å². The lowest BCUT2D eigenvalue weighted by Crippen LogP contribution is -2.52. The first kappa shape index (κ1) is 16.7. The van der Waals surface area contributed by atoms with Crippen LogP contribution in [0.4, 0.5) is 4.39 Å². The van der Waals surface area contributed by atoms with Crippen molar-refractivity contribution in [2.45, 2.75) is 31.4 Å². The molecular formula is C18H23FN2O3. The van der Waals surface area contributed by atoms with Crippen molar-refractivity contribution in [3.05, 3.63) is 29.8 Å². The zero-order valence-corrected chi connectivity index (χ0v) is 13.9. The monoisotopic (exact) mass is 334 g/mol. The molecule has 1 N–H and O–H groups in total. The number of ether oxygens (including phenoxy) is 1. The van der Waals surface area contributed by atoms with Crippen LogP contribution in [0.5, 0.6) is 5.75 Å². The Balaban J connectivity index is 1.54. The summed E-state index contributed by atoms with van der Waals surface area (Å²) >= 11 is 0. The van der Waals surface area contributed by atoms with Gasteiger partial charge >= 0.3 is 0 Å². The van der Waals surface area contributed by atoms with Gasteiger partial charge in [-0.25, -0.2) is 4.39 Å². The van der Waals surface area contributed by atoms with Crippen molar-refractivity contribution in [1.29, 1.82) is 0 Å². The quantitative estimate of drug-likeness (QED) is 0.898. The van der Waals surface area contributed by atoms with Gasteiger partial charge in [0.05, 0.1) is 7.11 Å². The van der Waals surface area contributed by atoms with E-state index in [1.807, 2.05) is 0 Å². The molecule has 3 rings (SSSR count). The van der Waals surface area contributed by atoms with Gasteiger partial charge in [0, 0.05) is 38.0 Å². The number of amides is 2. The highest BCUT2D eigenvalue weighted by molar-refractivity contribution is 5.94. The van der Waals surface area contributed by atoms with Crippen molar-refractivity contribution in [1.82, 2.24) is 10.2 Å². The molecule has 1 aromatic carbocycles. The van der Waals surface area contributed by atoms with E-state index in [-0.39, 0.29) is 31.8 Å². The van der Waals surface area contributed by atoms with Crippen LogP contribution in [-0.4, -0.2) is 49.1 Å². The molecule has 24 heavy (non-hydrogen) atoms. The summed E-state index contributed by atoms with van der Waals surface area (Å²) < 4.78 is 19.9. The fourth-order valence-corrected chi connectivity index (χ4v) is 2.92. The van der Waals surface area contributed by atoms with Crippen molar-refractivity contribution in [2.24, 2.45) is 5.92 Å². The fourth-order valence-electron chi connectivity index (χ4n) is 2.92. The Morgan fingerprint density at radius 3 is 2.42 bits per heavy atom. The minimum atomic E-state index is -1.86. The van der Waals surface area contributed by atoms with E-state index in [1.165, 1.54) is 0 Å². The summed E-state index contributed by atoms with van der Waals surface area (Å²) in [6.07, 6.45) is 2.32. The molecule has 1 heterocycles. The molecule has 2 amide bonds. The number of methoxy groups -OCH3 is 1. The van der Waals surface area contributed by atoms with Gasteiger partial charge in [0.1, 0.15) is 5.75 Å². The van der Waals surface area contributed by atoms with E-state index in [2.05, 4.69) is 5.32 Å². The largest absolute Gasteiger partial charge is 0.497 e. The molecule has 0 unspecified atom stereocenters. The molecule has 1 saturated heterocycles. The van der Waals surface area contributed by atoms with Crippen molar-refractivity contribution in [3.8, 4) is 5.75 Å². The van der Waals surface area contributed by atoms with Gasteiger partial charge in [-0.1, -0.05) is 0 Å². The zero-order chi connectivity index (χ0) is 17.2. The summed E-state index contributed by atoms with van der Waals surface area (Å²) in [6, 6.07) is 6.84. The number of halogens is 1. The first-order valence-electron chi connectivity index (χ1n) is 8.42. The maximum Gasteiger partial charge on any atom is 0.257 e. The Labute approximate surface area is 141 Å². The van der Waals surface area contributed by atoms with Crippen LogP contribution in [0.2, 0.25) is 0 Å². The Kier molecular flexibility index (Phi) is 4.73. The van der Waals surface area contributed by atoms with Gasteiger partial charge < -0.3 is 15.0 Å². The maximum absolute atomic E-state index is 14.8. The molecule has 0 aromatic heterocycles. The summed E-state index contributed by atoms with van der Waals surface area (Å²) in [4.78, 5) is 26.1. The number of hydrogen-bond donors (Lipinski definition) is 1. The van der Waals surface area contributed by atoms with E-state index >= 15 is 0 Å². The third-order valence-electron chi connectivity index (χ3n) is 4.84. The predicted octanol–water partition coefficient (Wildman–Crippen LogP) is 2.17. The van der Waals surface area contributed by atoms with Gasteiger partial charge in [-0.3, -0.25) is 9.59 Å². The van der Waals surface area contributed by atoms with Crippen LogP contribution in [0.15, 0.2) is 24.3 Å². The lowest BCUT2D eigenvalue weighted by Gasteiger charge is -2.35. The minimum Gasteiger partial charge on any atom is -0.497 e. The van der Waals surface area contributed by atoms with E-state index in [4.69, 9.17) is 4.74 Å². The minimum absolute atomic E-state index is 0.0470. The van der Waals surface area contributed by atoms with E-state index in [1.54, 1.807) is 36.3 Å². The predicted molar refractivity (Wildman–Crippen MR) is 87.7 cm³/mol. The summed E-state index contributed by atoms with van der Waals surface area (Å²) in [6.45, 7) is 1.06. The van der Waals surface area contributed by atoms with Crippen LogP contribution in [0.1, 0.15) is 36.0 Å². The number of nitrogens with one attached hydrogen (secondary N) is 1. The smallest absolute Gasteiger partial charge is 0.257 e. The van der Waals surface area contributed by atoms with E-state index in [0.717, 1.165) is 12.8 Å². The van der Waals surface area contributed by atoms with Gasteiger partial charge in [0.15, 0.2) is 5.67 Å². The lowest BCUT2D eigenvalue weighted by atomic mass is 9.92. The number of rotatable bonds is 5. The highest BCUT2D eigenvalue weighted by Gasteiger charge is 2.43. The first-order chi connectivity index (χ1) is 11.5. The summed E-state index contributed by atoms with van der Waals surface area (Å²) in [5.41, 5.74) is -1.31. The van der Waals surface area contributed by atoms with Crippen LogP contribution in [0.25, 0.3) is 0 Å². The summed E-state index contributed by atoms with van der Waals surface area (Å²) in [5.74, 6) is 0.540. The third-order valence-corrected chi connectivity index (χ3v) is 4.84. The second-order valence-electron chi connectivity index (χ2n) is 6.64. The van der Waals surface area contributed by atoms with Crippen LogP contribution in [-0.2, 0) is 4.79 Å². The number of piperidine rings is 1. The first-order valence-corrected chi connectivity index (χ1v) is 8.42. The highest BCUT2D eigenvalue weighted by Crippen LogP contribution is 2.30. The maximum atomic E-state index is 14.8. The second kappa shape index (κ2) is 6.79. The average Bonchev–Trinajstić information content (AvgIpc) is 3.44. The number of carbonyl (C=O) groups excluding carboxylic acids is 2. The Hall–Kier alpha value is -2.11. The Bertz CT molecular complexity index is 605. The van der Waals surface area contributed by atoms with Crippen LogP contribution < -0.4 is 10.1 Å². The molecule has 6 heteroatoms. The van der Waals surface area contributed by atoms with E-state index in [0.29, 0.717) is 23.8 Å². The van der Waals surface area contributed by atoms with Crippen molar-refractivity contribution >= 4 is 11.8 Å². The molecule has 2 aliphatic rings.